The molecule has 0 spiro atoms. The van der Waals surface area contributed by atoms with Crippen LogP contribution in [0.4, 0.5) is 0 Å². The van der Waals surface area contributed by atoms with E-state index in [1.165, 1.54) is 11.9 Å². The van der Waals surface area contributed by atoms with E-state index in [1.54, 1.807) is 0 Å². The number of carbonyl (C=O) groups excluding carboxylic acids is 1. The Bertz CT molecular complexity index is 515. The molecular weight excluding hydrogens is 304 g/mol. The minimum atomic E-state index is -3.14. The molecule has 120 valence electrons. The highest BCUT2D eigenvalue weighted by atomic mass is 32.2. The topological polar surface area (TPSA) is 132 Å². The van der Waals surface area contributed by atoms with E-state index in [1.807, 2.05) is 0 Å². The van der Waals surface area contributed by atoms with Crippen molar-refractivity contribution in [2.75, 3.05) is 38.2 Å². The van der Waals surface area contributed by atoms with Crippen molar-refractivity contribution in [1.29, 1.82) is 0 Å². The molecule has 1 fully saturated rings. The smallest absolute Gasteiger partial charge is 0.317 e. The third-order valence-corrected chi connectivity index (χ3v) is 4.98. The maximum atomic E-state index is 12.0. The van der Waals surface area contributed by atoms with Crippen molar-refractivity contribution in [3.8, 4) is 0 Å². The van der Waals surface area contributed by atoms with E-state index in [2.05, 4.69) is 0 Å². The minimum absolute atomic E-state index is 0.0171. The van der Waals surface area contributed by atoms with Gasteiger partial charge in [-0.3, -0.25) is 19.3 Å². The van der Waals surface area contributed by atoms with Crippen molar-refractivity contribution >= 4 is 27.7 Å². The Balaban J connectivity index is 2.63. The van der Waals surface area contributed by atoms with Crippen LogP contribution in [-0.2, 0) is 24.2 Å². The van der Waals surface area contributed by atoms with Crippen LogP contribution in [0.5, 0.6) is 0 Å². The molecule has 1 amide bonds. The average molecular weight is 322 g/mol. The Labute approximate surface area is 122 Å². The maximum Gasteiger partial charge on any atom is 0.317 e. The number of amides is 1. The summed E-state index contributed by atoms with van der Waals surface area (Å²) in [5, 5.41) is 17.4. The van der Waals surface area contributed by atoms with E-state index in [-0.39, 0.29) is 18.1 Å². The number of rotatable bonds is 7. The molecule has 0 aromatic heterocycles. The lowest BCUT2D eigenvalue weighted by atomic mass is 10.2. The lowest BCUT2D eigenvalue weighted by Crippen LogP contribution is -2.46. The summed E-state index contributed by atoms with van der Waals surface area (Å²) >= 11 is 0. The third kappa shape index (κ3) is 5.68. The highest BCUT2D eigenvalue weighted by Crippen LogP contribution is 2.16. The van der Waals surface area contributed by atoms with Crippen molar-refractivity contribution in [2.45, 2.75) is 12.5 Å². The molecule has 10 heteroatoms. The molecule has 1 aliphatic rings. The van der Waals surface area contributed by atoms with E-state index in [9.17, 15) is 22.8 Å². The Hall–Kier alpha value is -1.68. The number of hydrogen-bond donors (Lipinski definition) is 2. The van der Waals surface area contributed by atoms with Crippen LogP contribution >= 0.6 is 0 Å². The molecule has 1 rings (SSSR count). The quantitative estimate of drug-likeness (QED) is 0.555. The Morgan fingerprint density at radius 2 is 1.62 bits per heavy atom. The van der Waals surface area contributed by atoms with Crippen molar-refractivity contribution in [2.24, 2.45) is 0 Å². The molecule has 21 heavy (non-hydrogen) atoms. The van der Waals surface area contributed by atoms with Crippen molar-refractivity contribution in [1.82, 2.24) is 9.80 Å². The van der Waals surface area contributed by atoms with Crippen LogP contribution in [0.3, 0.4) is 0 Å². The molecule has 0 bridgehead atoms. The van der Waals surface area contributed by atoms with Crippen molar-refractivity contribution in [3.63, 3.8) is 0 Å². The largest absolute Gasteiger partial charge is 0.480 e. The Morgan fingerprint density at radius 3 is 2.00 bits per heavy atom. The summed E-state index contributed by atoms with van der Waals surface area (Å²) < 4.78 is 22.8. The number of carbonyl (C=O) groups is 3. The van der Waals surface area contributed by atoms with Gasteiger partial charge in [-0.15, -0.1) is 0 Å². The SMILES string of the molecule is CN(C(=O)CN(CC(=O)O)CC(=O)O)C1CCS(=O)(=O)C1. The second-order valence-electron chi connectivity index (χ2n) is 4.99. The van der Waals surface area contributed by atoms with Crippen LogP contribution < -0.4 is 0 Å². The molecule has 9 nitrogen and oxygen atoms in total. The summed E-state index contributed by atoms with van der Waals surface area (Å²) in [4.78, 5) is 35.5. The summed E-state index contributed by atoms with van der Waals surface area (Å²) in [6, 6.07) is -0.445. The number of aliphatic carboxylic acids is 2. The van der Waals surface area contributed by atoms with Gasteiger partial charge >= 0.3 is 11.9 Å². The van der Waals surface area contributed by atoms with Crippen LogP contribution in [0.1, 0.15) is 6.42 Å². The lowest BCUT2D eigenvalue weighted by Gasteiger charge is -2.26. The normalized spacial score (nSPS) is 20.4. The highest BCUT2D eigenvalue weighted by Gasteiger charge is 2.33. The third-order valence-electron chi connectivity index (χ3n) is 3.23. The number of sulfone groups is 1. The van der Waals surface area contributed by atoms with Crippen LogP contribution in [0.15, 0.2) is 0 Å². The van der Waals surface area contributed by atoms with Crippen LogP contribution in [0, 0.1) is 0 Å². The highest BCUT2D eigenvalue weighted by molar-refractivity contribution is 7.91. The molecule has 1 heterocycles. The number of nitrogens with zero attached hydrogens (tertiary/aromatic N) is 2. The molecular formula is C11H18N2O7S. The predicted molar refractivity (Wildman–Crippen MR) is 71.5 cm³/mol. The van der Waals surface area contributed by atoms with Crippen LogP contribution in [0.2, 0.25) is 0 Å². The fourth-order valence-electron chi connectivity index (χ4n) is 2.14. The van der Waals surface area contributed by atoms with Gasteiger partial charge in [0.15, 0.2) is 9.84 Å². The zero-order chi connectivity index (χ0) is 16.2. The fraction of sp³-hybridized carbons (Fsp3) is 0.727. The van der Waals surface area contributed by atoms with Gasteiger partial charge < -0.3 is 15.1 Å². The molecule has 0 saturated carbocycles. The van der Waals surface area contributed by atoms with Gasteiger partial charge in [-0.25, -0.2) is 8.42 Å². The fourth-order valence-corrected chi connectivity index (χ4v) is 3.91. The van der Waals surface area contributed by atoms with Gasteiger partial charge in [0.2, 0.25) is 5.91 Å². The maximum absolute atomic E-state index is 12.0. The van der Waals surface area contributed by atoms with E-state index < -0.39 is 46.8 Å². The van der Waals surface area contributed by atoms with E-state index in [0.717, 1.165) is 4.90 Å². The van der Waals surface area contributed by atoms with Crippen LogP contribution in [-0.4, -0.2) is 90.5 Å². The molecule has 1 aliphatic heterocycles. The van der Waals surface area contributed by atoms with Gasteiger partial charge in [-0.1, -0.05) is 0 Å². The molecule has 0 aromatic rings. The monoisotopic (exact) mass is 322 g/mol. The first-order valence-electron chi connectivity index (χ1n) is 6.23. The zero-order valence-corrected chi connectivity index (χ0v) is 12.4. The first-order chi connectivity index (χ1) is 9.60. The number of carboxylic acids is 2. The summed E-state index contributed by atoms with van der Waals surface area (Å²) in [5.41, 5.74) is 0. The molecule has 2 N–H and O–H groups in total. The standard InChI is InChI=1S/C11H18N2O7S/c1-12(8-2-3-21(19,20)7-8)9(14)4-13(5-10(15)16)6-11(17)18/h8H,2-7H2,1H3,(H,15,16)(H,17,18). The number of carboxylic acid groups (broad SMARTS) is 2. The first kappa shape index (κ1) is 17.4. The Kier molecular flexibility index (Phi) is 5.67. The van der Waals surface area contributed by atoms with Gasteiger partial charge in [-0.2, -0.15) is 0 Å². The number of hydrogen-bond acceptors (Lipinski definition) is 6. The Morgan fingerprint density at radius 1 is 1.10 bits per heavy atom. The van der Waals surface area contributed by atoms with E-state index in [4.69, 9.17) is 10.2 Å². The van der Waals surface area contributed by atoms with E-state index in [0.29, 0.717) is 6.42 Å². The first-order valence-corrected chi connectivity index (χ1v) is 8.05. The molecule has 1 unspecified atom stereocenters. The van der Waals surface area contributed by atoms with Gasteiger partial charge in [0.05, 0.1) is 31.1 Å². The van der Waals surface area contributed by atoms with E-state index >= 15 is 0 Å². The zero-order valence-electron chi connectivity index (χ0n) is 11.6. The lowest BCUT2D eigenvalue weighted by molar-refractivity contribution is -0.143. The average Bonchev–Trinajstić information content (AvgIpc) is 2.66. The van der Waals surface area contributed by atoms with Gasteiger partial charge in [0.1, 0.15) is 0 Å². The molecule has 0 aliphatic carbocycles. The van der Waals surface area contributed by atoms with Crippen LogP contribution in [0.25, 0.3) is 0 Å². The van der Waals surface area contributed by atoms with Gasteiger partial charge in [-0.05, 0) is 6.42 Å². The van der Waals surface area contributed by atoms with Crippen molar-refractivity contribution in [3.05, 3.63) is 0 Å². The number of likely N-dealkylation sites (N-methyl/N-ethyl adjacent to an activating group) is 1. The molecule has 0 radical (unpaired) electrons. The predicted octanol–water partition coefficient (Wildman–Crippen LogP) is -1.90. The summed E-state index contributed by atoms with van der Waals surface area (Å²) in [6.45, 7) is -1.53. The molecule has 1 saturated heterocycles. The second kappa shape index (κ2) is 6.85. The summed E-state index contributed by atoms with van der Waals surface area (Å²) in [7, 11) is -1.70. The van der Waals surface area contributed by atoms with Gasteiger partial charge in [0, 0.05) is 13.1 Å². The molecule has 1 atom stereocenters. The van der Waals surface area contributed by atoms with Crippen molar-refractivity contribution < 1.29 is 33.0 Å². The summed E-state index contributed by atoms with van der Waals surface area (Å²) in [6.07, 6.45) is 0.336. The summed E-state index contributed by atoms with van der Waals surface area (Å²) in [5.74, 6) is -3.08. The minimum Gasteiger partial charge on any atom is -0.480 e. The molecule has 0 aromatic carbocycles. The second-order valence-corrected chi connectivity index (χ2v) is 7.22. The van der Waals surface area contributed by atoms with Gasteiger partial charge in [0.25, 0.3) is 0 Å².